The van der Waals surface area contributed by atoms with Gasteiger partial charge in [0.05, 0.1) is 5.60 Å². The zero-order valence-electron chi connectivity index (χ0n) is 12.9. The van der Waals surface area contributed by atoms with Crippen molar-refractivity contribution in [2.75, 3.05) is 13.7 Å². The molecular weight excluding hydrogens is 246 g/mol. The Bertz CT molecular complexity index is 557. The fourth-order valence-corrected chi connectivity index (χ4v) is 2.67. The van der Waals surface area contributed by atoms with E-state index in [2.05, 4.69) is 68.6 Å². The molecule has 108 valence electrons. The molecule has 0 radical (unpaired) electrons. The van der Waals surface area contributed by atoms with E-state index in [9.17, 15) is 0 Å². The molecule has 20 heavy (non-hydrogen) atoms. The quantitative estimate of drug-likeness (QED) is 0.845. The van der Waals surface area contributed by atoms with Crippen LogP contribution in [-0.2, 0) is 4.74 Å². The van der Waals surface area contributed by atoms with Crippen molar-refractivity contribution < 1.29 is 4.74 Å². The number of fused-ring (bicyclic) bond motifs is 1. The SMILES string of the molecule is CCNC(CC(C)(C)OC)c1cccc2ccccc12. The highest BCUT2D eigenvalue weighted by molar-refractivity contribution is 5.86. The lowest BCUT2D eigenvalue weighted by Gasteiger charge is -2.30. The van der Waals surface area contributed by atoms with Crippen molar-refractivity contribution >= 4 is 10.8 Å². The minimum Gasteiger partial charge on any atom is -0.379 e. The van der Waals surface area contributed by atoms with E-state index in [-0.39, 0.29) is 5.60 Å². The molecular formula is C18H25NO. The molecule has 2 aromatic rings. The number of benzene rings is 2. The van der Waals surface area contributed by atoms with Crippen LogP contribution in [0.15, 0.2) is 42.5 Å². The van der Waals surface area contributed by atoms with Gasteiger partial charge in [0.2, 0.25) is 0 Å². The second-order valence-electron chi connectivity index (χ2n) is 5.85. The van der Waals surface area contributed by atoms with Crippen LogP contribution in [0.5, 0.6) is 0 Å². The highest BCUT2D eigenvalue weighted by atomic mass is 16.5. The molecule has 0 aliphatic carbocycles. The van der Waals surface area contributed by atoms with Crippen LogP contribution in [0.25, 0.3) is 10.8 Å². The Balaban J connectivity index is 2.41. The normalized spacial score (nSPS) is 13.6. The maximum Gasteiger partial charge on any atom is 0.0640 e. The average molecular weight is 271 g/mol. The number of methoxy groups -OCH3 is 1. The summed E-state index contributed by atoms with van der Waals surface area (Å²) in [5.74, 6) is 0. The number of hydrogen-bond donors (Lipinski definition) is 1. The van der Waals surface area contributed by atoms with Gasteiger partial charge < -0.3 is 10.1 Å². The van der Waals surface area contributed by atoms with E-state index in [1.807, 2.05) is 0 Å². The van der Waals surface area contributed by atoms with Gasteiger partial charge in [-0.1, -0.05) is 49.4 Å². The van der Waals surface area contributed by atoms with Crippen LogP contribution in [0.4, 0.5) is 0 Å². The van der Waals surface area contributed by atoms with Crippen LogP contribution in [0, 0.1) is 0 Å². The fraction of sp³-hybridized carbons (Fsp3) is 0.444. The second kappa shape index (κ2) is 6.38. The molecule has 0 saturated carbocycles. The molecule has 2 nitrogen and oxygen atoms in total. The topological polar surface area (TPSA) is 21.3 Å². The largest absolute Gasteiger partial charge is 0.379 e. The first-order chi connectivity index (χ1) is 9.57. The maximum absolute atomic E-state index is 5.61. The zero-order chi connectivity index (χ0) is 14.6. The number of ether oxygens (including phenoxy) is 1. The summed E-state index contributed by atoms with van der Waals surface area (Å²) in [5, 5.41) is 6.22. The van der Waals surface area contributed by atoms with Crippen LogP contribution < -0.4 is 5.32 Å². The summed E-state index contributed by atoms with van der Waals surface area (Å²) in [6, 6.07) is 15.4. The Morgan fingerprint density at radius 2 is 1.80 bits per heavy atom. The van der Waals surface area contributed by atoms with E-state index in [1.54, 1.807) is 7.11 Å². The van der Waals surface area contributed by atoms with Crippen LogP contribution in [0.1, 0.15) is 38.8 Å². The summed E-state index contributed by atoms with van der Waals surface area (Å²) in [7, 11) is 1.78. The molecule has 0 heterocycles. The third kappa shape index (κ3) is 3.38. The standard InChI is InChI=1S/C18H25NO/c1-5-19-17(13-18(2,3)20-4)16-12-8-10-14-9-6-7-11-15(14)16/h6-12,17,19H,5,13H2,1-4H3. The molecule has 0 amide bonds. The second-order valence-corrected chi connectivity index (χ2v) is 5.85. The van der Waals surface area contributed by atoms with E-state index in [0.29, 0.717) is 6.04 Å². The molecule has 0 aromatic heterocycles. The molecule has 0 aliphatic heterocycles. The van der Waals surface area contributed by atoms with Gasteiger partial charge in [0.15, 0.2) is 0 Å². The Morgan fingerprint density at radius 1 is 1.10 bits per heavy atom. The van der Waals surface area contributed by atoms with Crippen molar-refractivity contribution in [1.82, 2.24) is 5.32 Å². The Morgan fingerprint density at radius 3 is 2.50 bits per heavy atom. The van der Waals surface area contributed by atoms with Gasteiger partial charge in [0, 0.05) is 13.2 Å². The van der Waals surface area contributed by atoms with Crippen molar-refractivity contribution in [3.8, 4) is 0 Å². The van der Waals surface area contributed by atoms with Crippen LogP contribution >= 0.6 is 0 Å². The average Bonchev–Trinajstić information content (AvgIpc) is 2.46. The number of nitrogens with one attached hydrogen (secondary N) is 1. The third-order valence-corrected chi connectivity index (χ3v) is 3.90. The molecule has 0 saturated heterocycles. The van der Waals surface area contributed by atoms with Gasteiger partial charge in [-0.15, -0.1) is 0 Å². The summed E-state index contributed by atoms with van der Waals surface area (Å²) >= 11 is 0. The monoisotopic (exact) mass is 271 g/mol. The Labute approximate surface area is 122 Å². The van der Waals surface area contributed by atoms with Crippen molar-refractivity contribution in [2.45, 2.75) is 38.8 Å². The van der Waals surface area contributed by atoms with E-state index in [0.717, 1.165) is 13.0 Å². The smallest absolute Gasteiger partial charge is 0.0640 e. The lowest BCUT2D eigenvalue weighted by molar-refractivity contribution is 0.00709. The van der Waals surface area contributed by atoms with E-state index < -0.39 is 0 Å². The highest BCUT2D eigenvalue weighted by Crippen LogP contribution is 2.30. The Kier molecular flexibility index (Phi) is 4.79. The molecule has 1 unspecified atom stereocenters. The summed E-state index contributed by atoms with van der Waals surface area (Å²) < 4.78 is 5.61. The van der Waals surface area contributed by atoms with E-state index in [4.69, 9.17) is 4.74 Å². The summed E-state index contributed by atoms with van der Waals surface area (Å²) in [5.41, 5.74) is 1.22. The zero-order valence-corrected chi connectivity index (χ0v) is 12.9. The molecule has 0 aliphatic rings. The molecule has 0 spiro atoms. The fourth-order valence-electron chi connectivity index (χ4n) is 2.67. The number of hydrogen-bond acceptors (Lipinski definition) is 2. The van der Waals surface area contributed by atoms with Crippen molar-refractivity contribution in [2.24, 2.45) is 0 Å². The predicted octanol–water partition coefficient (Wildman–Crippen LogP) is 4.31. The predicted molar refractivity (Wildman–Crippen MR) is 86.1 cm³/mol. The molecule has 0 fully saturated rings. The third-order valence-electron chi connectivity index (χ3n) is 3.90. The van der Waals surface area contributed by atoms with Gasteiger partial charge in [0.25, 0.3) is 0 Å². The first-order valence-corrected chi connectivity index (χ1v) is 7.33. The minimum atomic E-state index is -0.135. The van der Waals surface area contributed by atoms with Crippen LogP contribution in [-0.4, -0.2) is 19.3 Å². The van der Waals surface area contributed by atoms with Crippen molar-refractivity contribution in [1.29, 1.82) is 0 Å². The highest BCUT2D eigenvalue weighted by Gasteiger charge is 2.24. The van der Waals surface area contributed by atoms with Gasteiger partial charge in [0.1, 0.15) is 0 Å². The van der Waals surface area contributed by atoms with Gasteiger partial charge in [-0.05, 0) is 43.1 Å². The Hall–Kier alpha value is -1.38. The maximum atomic E-state index is 5.61. The molecule has 0 bridgehead atoms. The lowest BCUT2D eigenvalue weighted by Crippen LogP contribution is -2.32. The molecule has 2 heteroatoms. The van der Waals surface area contributed by atoms with Gasteiger partial charge >= 0.3 is 0 Å². The molecule has 2 rings (SSSR count). The van der Waals surface area contributed by atoms with E-state index >= 15 is 0 Å². The minimum absolute atomic E-state index is 0.135. The van der Waals surface area contributed by atoms with E-state index in [1.165, 1.54) is 16.3 Å². The van der Waals surface area contributed by atoms with Crippen LogP contribution in [0.3, 0.4) is 0 Å². The molecule has 2 aromatic carbocycles. The van der Waals surface area contributed by atoms with Gasteiger partial charge in [-0.2, -0.15) is 0 Å². The summed E-state index contributed by atoms with van der Waals surface area (Å²) in [4.78, 5) is 0. The summed E-state index contributed by atoms with van der Waals surface area (Å²) in [6.45, 7) is 7.39. The molecule has 1 N–H and O–H groups in total. The first kappa shape index (κ1) is 15.0. The van der Waals surface area contributed by atoms with Gasteiger partial charge in [-0.3, -0.25) is 0 Å². The lowest BCUT2D eigenvalue weighted by atomic mass is 9.90. The summed E-state index contributed by atoms with van der Waals surface area (Å²) in [6.07, 6.45) is 0.950. The van der Waals surface area contributed by atoms with Crippen molar-refractivity contribution in [3.05, 3.63) is 48.0 Å². The van der Waals surface area contributed by atoms with Crippen molar-refractivity contribution in [3.63, 3.8) is 0 Å². The first-order valence-electron chi connectivity index (χ1n) is 7.33. The number of rotatable bonds is 6. The van der Waals surface area contributed by atoms with Gasteiger partial charge in [-0.25, -0.2) is 0 Å². The van der Waals surface area contributed by atoms with Crippen LogP contribution in [0.2, 0.25) is 0 Å². The molecule has 1 atom stereocenters.